The molecule has 0 atom stereocenters. The molecule has 3 fully saturated rings. The number of nitrogens with one attached hydrogen (secondary N) is 2. The van der Waals surface area contributed by atoms with E-state index in [1.807, 2.05) is 6.20 Å². The summed E-state index contributed by atoms with van der Waals surface area (Å²) < 4.78 is 50.9. The first-order valence-electron chi connectivity index (χ1n) is 14.4. The fourth-order valence-electron chi connectivity index (χ4n) is 6.15. The molecule has 4 aromatic rings. The summed E-state index contributed by atoms with van der Waals surface area (Å²) >= 11 is 6.08. The predicted molar refractivity (Wildman–Crippen MR) is 161 cm³/mol. The van der Waals surface area contributed by atoms with Gasteiger partial charge in [-0.05, 0) is 74.3 Å². The summed E-state index contributed by atoms with van der Waals surface area (Å²) in [4.78, 5) is 4.45. The van der Waals surface area contributed by atoms with Crippen LogP contribution in [0, 0.1) is 5.82 Å². The quantitative estimate of drug-likeness (QED) is 0.236. The van der Waals surface area contributed by atoms with Crippen molar-refractivity contribution >= 4 is 44.0 Å². The van der Waals surface area contributed by atoms with Crippen molar-refractivity contribution in [2.45, 2.75) is 67.5 Å². The lowest BCUT2D eigenvalue weighted by Gasteiger charge is -2.35. The van der Waals surface area contributed by atoms with Crippen LogP contribution in [0.5, 0.6) is 0 Å². The van der Waals surface area contributed by atoms with Gasteiger partial charge in [0.15, 0.2) is 0 Å². The highest BCUT2D eigenvalue weighted by molar-refractivity contribution is 7.92. The van der Waals surface area contributed by atoms with Crippen LogP contribution in [-0.2, 0) is 14.8 Å². The van der Waals surface area contributed by atoms with Crippen LogP contribution < -0.4 is 15.8 Å². The minimum absolute atomic E-state index is 0.0515. The Kier molecular flexibility index (Phi) is 7.08. The second-order valence-corrected chi connectivity index (χ2v) is 13.6. The number of halogens is 2. The zero-order valence-corrected chi connectivity index (χ0v) is 24.5. The average molecular weight is 611 g/mol. The van der Waals surface area contributed by atoms with E-state index in [4.69, 9.17) is 27.2 Å². The van der Waals surface area contributed by atoms with Gasteiger partial charge in [-0.25, -0.2) is 17.8 Å². The van der Waals surface area contributed by atoms with Gasteiger partial charge in [0.25, 0.3) is 10.0 Å². The van der Waals surface area contributed by atoms with Crippen LogP contribution in [0.1, 0.15) is 56.0 Å². The van der Waals surface area contributed by atoms with E-state index >= 15 is 4.39 Å². The highest BCUT2D eigenvalue weighted by atomic mass is 35.5. The first-order valence-corrected chi connectivity index (χ1v) is 16.2. The van der Waals surface area contributed by atoms with Crippen molar-refractivity contribution < 1.29 is 17.5 Å². The smallest absolute Gasteiger partial charge is 0.263 e. The first-order chi connectivity index (χ1) is 20.3. The summed E-state index contributed by atoms with van der Waals surface area (Å²) in [5.74, 6) is -0.0563. The van der Waals surface area contributed by atoms with E-state index in [9.17, 15) is 8.42 Å². The van der Waals surface area contributed by atoms with Gasteiger partial charge in [-0.3, -0.25) is 9.40 Å². The van der Waals surface area contributed by atoms with E-state index in [-0.39, 0.29) is 21.6 Å². The zero-order chi connectivity index (χ0) is 29.0. The number of pyridine rings is 1. The number of benzene rings is 2. The second-order valence-electron chi connectivity index (χ2n) is 11.5. The molecule has 2 saturated carbocycles. The molecule has 220 valence electrons. The van der Waals surface area contributed by atoms with Gasteiger partial charge in [-0.15, -0.1) is 0 Å². The Labute approximate surface area is 248 Å². The van der Waals surface area contributed by atoms with Crippen molar-refractivity contribution in [2.24, 2.45) is 0 Å². The van der Waals surface area contributed by atoms with Crippen LogP contribution in [-0.4, -0.2) is 48.5 Å². The van der Waals surface area contributed by atoms with Crippen molar-refractivity contribution in [3.63, 3.8) is 0 Å². The molecule has 0 spiro atoms. The van der Waals surface area contributed by atoms with Gasteiger partial charge >= 0.3 is 0 Å². The molecule has 2 aliphatic carbocycles. The Hall–Kier alpha value is -3.25. The molecule has 0 bridgehead atoms. The van der Waals surface area contributed by atoms with Crippen LogP contribution in [0.2, 0.25) is 5.02 Å². The van der Waals surface area contributed by atoms with Crippen LogP contribution in [0.15, 0.2) is 53.6 Å². The Morgan fingerprint density at radius 3 is 2.45 bits per heavy atom. The standard InChI is InChI=1S/C30H32ClFN6O3S/c31-23-3-1-2-4-26(23)42(39,40)37-25-12-7-18(13-24(25)32)28-27-29(38(36-28)21-10-11-21)22(14-34-30(27)33)17-5-8-19(9-6-17)35-20-15-41-16-20/h1-4,7,12-14,17,19-21,35,37H,5-6,8-11,15-16H2,(H2,33,34). The number of hydrogen-bond acceptors (Lipinski definition) is 7. The van der Waals surface area contributed by atoms with Crippen molar-refractivity contribution in [1.29, 1.82) is 0 Å². The number of hydrogen-bond donors (Lipinski definition) is 3. The lowest BCUT2D eigenvalue weighted by Crippen LogP contribution is -2.51. The molecule has 3 aliphatic rings. The Balaban J connectivity index is 1.21. The third-order valence-electron chi connectivity index (χ3n) is 8.56. The van der Waals surface area contributed by atoms with Crippen LogP contribution in [0.25, 0.3) is 22.2 Å². The topological polar surface area (TPSA) is 124 Å². The normalized spacial score (nSPS) is 21.4. The van der Waals surface area contributed by atoms with Gasteiger partial charge in [0.05, 0.1) is 46.9 Å². The lowest BCUT2D eigenvalue weighted by atomic mass is 9.81. The van der Waals surface area contributed by atoms with E-state index in [2.05, 4.69) is 19.7 Å². The summed E-state index contributed by atoms with van der Waals surface area (Å²) in [6.07, 6.45) is 8.16. The summed E-state index contributed by atoms with van der Waals surface area (Å²) in [5, 5.41) is 9.44. The number of rotatable bonds is 8. The van der Waals surface area contributed by atoms with E-state index in [0.29, 0.717) is 35.1 Å². The number of anilines is 2. The minimum atomic E-state index is -4.09. The molecule has 42 heavy (non-hydrogen) atoms. The molecular formula is C30H32ClFN6O3S. The highest BCUT2D eigenvalue weighted by Gasteiger charge is 2.33. The Bertz CT molecular complexity index is 1760. The number of fused-ring (bicyclic) bond motifs is 1. The van der Waals surface area contributed by atoms with E-state index in [1.165, 1.54) is 24.3 Å². The van der Waals surface area contributed by atoms with Gasteiger partial charge in [0, 0.05) is 17.8 Å². The second kappa shape index (κ2) is 10.8. The largest absolute Gasteiger partial charge is 0.383 e. The number of aromatic nitrogens is 3. The number of nitrogens with two attached hydrogens (primary N) is 1. The Morgan fingerprint density at radius 2 is 1.79 bits per heavy atom. The van der Waals surface area contributed by atoms with Crippen molar-refractivity contribution in [1.82, 2.24) is 20.1 Å². The Morgan fingerprint density at radius 1 is 1.02 bits per heavy atom. The fourth-order valence-corrected chi connectivity index (χ4v) is 7.73. The van der Waals surface area contributed by atoms with Crippen molar-refractivity contribution in [3.05, 3.63) is 65.1 Å². The van der Waals surface area contributed by atoms with Crippen LogP contribution >= 0.6 is 11.6 Å². The number of nitrogens with zero attached hydrogens (tertiary/aromatic N) is 3. The maximum absolute atomic E-state index is 15.4. The minimum Gasteiger partial charge on any atom is -0.383 e. The SMILES string of the molecule is Nc1ncc(C2CCC(NC3COC3)CC2)c2c1c(-c1ccc(NS(=O)(=O)c3ccccc3Cl)c(F)c1)nn2C1CC1. The number of ether oxygens (including phenoxy) is 1. The van der Waals surface area contributed by atoms with Crippen LogP contribution in [0.3, 0.4) is 0 Å². The third-order valence-corrected chi connectivity index (χ3v) is 10.4. The molecule has 0 radical (unpaired) electrons. The molecule has 0 amide bonds. The van der Waals surface area contributed by atoms with Crippen molar-refractivity contribution in [3.8, 4) is 11.3 Å². The molecule has 1 aliphatic heterocycles. The zero-order valence-electron chi connectivity index (χ0n) is 22.9. The van der Waals surface area contributed by atoms with E-state index in [1.54, 1.807) is 18.2 Å². The van der Waals surface area contributed by atoms with Gasteiger partial charge in [-0.2, -0.15) is 5.10 Å². The summed E-state index contributed by atoms with van der Waals surface area (Å²) in [5.41, 5.74) is 9.45. The third kappa shape index (κ3) is 5.12. The average Bonchev–Trinajstić information content (AvgIpc) is 3.72. The number of sulfonamides is 1. The molecule has 4 N–H and O–H groups in total. The highest BCUT2D eigenvalue weighted by Crippen LogP contribution is 2.45. The molecule has 2 aromatic carbocycles. The van der Waals surface area contributed by atoms with E-state index < -0.39 is 15.8 Å². The lowest BCUT2D eigenvalue weighted by molar-refractivity contribution is -0.0121. The molecule has 3 heterocycles. The first kappa shape index (κ1) is 27.6. The van der Waals surface area contributed by atoms with Gasteiger partial charge in [-0.1, -0.05) is 29.8 Å². The molecule has 12 heteroatoms. The molecule has 7 rings (SSSR count). The molecule has 9 nitrogen and oxygen atoms in total. The summed E-state index contributed by atoms with van der Waals surface area (Å²) in [6.45, 7) is 1.58. The molecule has 1 saturated heterocycles. The monoisotopic (exact) mass is 610 g/mol. The molecule has 0 unspecified atom stereocenters. The molecule has 2 aromatic heterocycles. The summed E-state index contributed by atoms with van der Waals surface area (Å²) in [7, 11) is -4.09. The fraction of sp³-hybridized carbons (Fsp3) is 0.400. The van der Waals surface area contributed by atoms with E-state index in [0.717, 1.165) is 68.2 Å². The maximum Gasteiger partial charge on any atom is 0.263 e. The molecular weight excluding hydrogens is 579 g/mol. The predicted octanol–water partition coefficient (Wildman–Crippen LogP) is 5.62. The van der Waals surface area contributed by atoms with Gasteiger partial charge in [0.2, 0.25) is 0 Å². The maximum atomic E-state index is 15.4. The van der Waals surface area contributed by atoms with Gasteiger partial charge < -0.3 is 15.8 Å². The van der Waals surface area contributed by atoms with Crippen molar-refractivity contribution in [2.75, 3.05) is 23.7 Å². The summed E-state index contributed by atoms with van der Waals surface area (Å²) in [6, 6.07) is 11.6. The van der Waals surface area contributed by atoms with Gasteiger partial charge in [0.1, 0.15) is 22.2 Å². The van der Waals surface area contributed by atoms with Crippen LogP contribution in [0.4, 0.5) is 15.9 Å². The number of nitrogen functional groups attached to an aromatic ring is 1.